The molecule has 0 heterocycles. The zero-order valence-corrected chi connectivity index (χ0v) is 13.4. The molecule has 1 aromatic carbocycles. The summed E-state index contributed by atoms with van der Waals surface area (Å²) >= 11 is 0. The fourth-order valence-corrected chi connectivity index (χ4v) is 3.40. The van der Waals surface area contributed by atoms with Gasteiger partial charge in [-0.3, -0.25) is 4.79 Å². The molecule has 1 nitrogen and oxygen atoms in total. The van der Waals surface area contributed by atoms with Crippen LogP contribution in [0.1, 0.15) is 69.3 Å². The van der Waals surface area contributed by atoms with Crippen molar-refractivity contribution in [2.45, 2.75) is 59.8 Å². The molecule has 110 valence electrons. The monoisotopic (exact) mass is 272 g/mol. The molecule has 1 fully saturated rings. The minimum Gasteiger partial charge on any atom is -0.294 e. The summed E-state index contributed by atoms with van der Waals surface area (Å²) in [6.07, 6.45) is 5.53. The normalized spacial score (nSPS) is 23.6. The van der Waals surface area contributed by atoms with Crippen molar-refractivity contribution in [3.05, 3.63) is 35.4 Å². The van der Waals surface area contributed by atoms with Crippen molar-refractivity contribution in [1.29, 1.82) is 0 Å². The largest absolute Gasteiger partial charge is 0.294 e. The highest BCUT2D eigenvalue weighted by atomic mass is 16.1. The van der Waals surface area contributed by atoms with Gasteiger partial charge in [0.05, 0.1) is 0 Å². The van der Waals surface area contributed by atoms with Crippen molar-refractivity contribution < 1.29 is 4.79 Å². The summed E-state index contributed by atoms with van der Waals surface area (Å²) in [5, 5.41) is 0. The highest BCUT2D eigenvalue weighted by molar-refractivity contribution is 5.98. The number of aryl methyl sites for hydroxylation is 1. The van der Waals surface area contributed by atoms with Crippen LogP contribution in [0.2, 0.25) is 0 Å². The van der Waals surface area contributed by atoms with Crippen molar-refractivity contribution in [3.8, 4) is 0 Å². The van der Waals surface area contributed by atoms with Crippen molar-refractivity contribution >= 4 is 5.78 Å². The SMILES string of the molecule is CCc1cccc(C(=O)C2CCC(C(C)(C)C)CC2)c1. The van der Waals surface area contributed by atoms with Gasteiger partial charge >= 0.3 is 0 Å². The quantitative estimate of drug-likeness (QED) is 0.684. The van der Waals surface area contributed by atoms with Gasteiger partial charge in [-0.05, 0) is 55.1 Å². The van der Waals surface area contributed by atoms with Crippen LogP contribution in [0.5, 0.6) is 0 Å². The summed E-state index contributed by atoms with van der Waals surface area (Å²) in [7, 11) is 0. The lowest BCUT2D eigenvalue weighted by Crippen LogP contribution is -2.28. The van der Waals surface area contributed by atoms with Crippen LogP contribution in [0.15, 0.2) is 24.3 Å². The predicted octanol–water partition coefficient (Wildman–Crippen LogP) is 5.28. The summed E-state index contributed by atoms with van der Waals surface area (Å²) in [6.45, 7) is 9.11. The number of hydrogen-bond acceptors (Lipinski definition) is 1. The molecule has 0 aromatic heterocycles. The van der Waals surface area contributed by atoms with E-state index in [2.05, 4.69) is 39.8 Å². The summed E-state index contributed by atoms with van der Waals surface area (Å²) in [4.78, 5) is 12.6. The van der Waals surface area contributed by atoms with Gasteiger partial charge in [0.1, 0.15) is 0 Å². The second kappa shape index (κ2) is 6.11. The average molecular weight is 272 g/mol. The third kappa shape index (κ3) is 3.50. The molecule has 1 aromatic rings. The lowest BCUT2D eigenvalue weighted by molar-refractivity contribution is 0.0819. The molecule has 0 atom stereocenters. The molecule has 0 N–H and O–H groups in total. The molecule has 0 spiro atoms. The van der Waals surface area contributed by atoms with E-state index in [0.717, 1.165) is 30.7 Å². The molecule has 0 amide bonds. The van der Waals surface area contributed by atoms with E-state index in [-0.39, 0.29) is 5.92 Å². The Morgan fingerprint density at radius 3 is 2.35 bits per heavy atom. The molecule has 0 unspecified atom stereocenters. The van der Waals surface area contributed by atoms with Crippen molar-refractivity contribution in [2.24, 2.45) is 17.3 Å². The van der Waals surface area contributed by atoms with Crippen LogP contribution >= 0.6 is 0 Å². The summed E-state index contributed by atoms with van der Waals surface area (Å²) in [5.74, 6) is 1.39. The Hall–Kier alpha value is -1.11. The van der Waals surface area contributed by atoms with Crippen molar-refractivity contribution in [2.75, 3.05) is 0 Å². The Bertz CT molecular complexity index is 459. The maximum Gasteiger partial charge on any atom is 0.165 e. The third-order valence-corrected chi connectivity index (χ3v) is 4.94. The standard InChI is InChI=1S/C19H28O/c1-5-14-7-6-8-16(13-14)18(20)15-9-11-17(12-10-15)19(2,3)4/h6-8,13,15,17H,5,9-12H2,1-4H3. The number of ketones is 1. The van der Waals surface area contributed by atoms with Crippen LogP contribution in [0.3, 0.4) is 0 Å². The highest BCUT2D eigenvalue weighted by Crippen LogP contribution is 2.40. The van der Waals surface area contributed by atoms with E-state index < -0.39 is 0 Å². The Labute approximate surface area is 123 Å². The van der Waals surface area contributed by atoms with Gasteiger partial charge in [0.25, 0.3) is 0 Å². The van der Waals surface area contributed by atoms with Crippen LogP contribution < -0.4 is 0 Å². The lowest BCUT2D eigenvalue weighted by Gasteiger charge is -2.36. The van der Waals surface area contributed by atoms with E-state index in [1.54, 1.807) is 0 Å². The molecule has 1 aliphatic rings. The fourth-order valence-electron chi connectivity index (χ4n) is 3.40. The van der Waals surface area contributed by atoms with Gasteiger partial charge in [0.2, 0.25) is 0 Å². The van der Waals surface area contributed by atoms with E-state index in [1.165, 1.54) is 18.4 Å². The van der Waals surface area contributed by atoms with Gasteiger partial charge in [0.15, 0.2) is 5.78 Å². The number of rotatable bonds is 3. The molecule has 0 saturated heterocycles. The van der Waals surface area contributed by atoms with Gasteiger partial charge in [-0.15, -0.1) is 0 Å². The Kier molecular flexibility index (Phi) is 4.67. The van der Waals surface area contributed by atoms with Gasteiger partial charge in [0, 0.05) is 11.5 Å². The molecule has 1 aliphatic carbocycles. The molecule has 2 rings (SSSR count). The first-order chi connectivity index (χ1) is 9.41. The zero-order chi connectivity index (χ0) is 14.8. The minimum absolute atomic E-state index is 0.251. The van der Waals surface area contributed by atoms with E-state index in [9.17, 15) is 4.79 Å². The van der Waals surface area contributed by atoms with Crippen LogP contribution in [-0.4, -0.2) is 5.78 Å². The molecule has 20 heavy (non-hydrogen) atoms. The number of carbonyl (C=O) groups is 1. The van der Waals surface area contributed by atoms with Gasteiger partial charge in [-0.25, -0.2) is 0 Å². The van der Waals surface area contributed by atoms with Gasteiger partial charge in [-0.2, -0.15) is 0 Å². The molecular formula is C19H28O. The van der Waals surface area contributed by atoms with E-state index in [1.807, 2.05) is 12.1 Å². The van der Waals surface area contributed by atoms with Gasteiger partial charge < -0.3 is 0 Å². The third-order valence-electron chi connectivity index (χ3n) is 4.94. The molecule has 0 bridgehead atoms. The topological polar surface area (TPSA) is 17.1 Å². The molecule has 0 aliphatic heterocycles. The van der Waals surface area contributed by atoms with E-state index >= 15 is 0 Å². The second-order valence-electron chi connectivity index (χ2n) is 7.33. The zero-order valence-electron chi connectivity index (χ0n) is 13.4. The maximum atomic E-state index is 12.6. The van der Waals surface area contributed by atoms with Crippen LogP contribution in [-0.2, 0) is 6.42 Å². The Balaban J connectivity index is 2.01. The first kappa shape index (κ1) is 15.3. The smallest absolute Gasteiger partial charge is 0.165 e. The number of benzene rings is 1. The summed E-state index contributed by atoms with van der Waals surface area (Å²) < 4.78 is 0. The van der Waals surface area contributed by atoms with E-state index in [4.69, 9.17) is 0 Å². The minimum atomic E-state index is 0.251. The fraction of sp³-hybridized carbons (Fsp3) is 0.632. The molecule has 0 radical (unpaired) electrons. The first-order valence-corrected chi connectivity index (χ1v) is 8.05. The van der Waals surface area contributed by atoms with Gasteiger partial charge in [-0.1, -0.05) is 45.9 Å². The highest BCUT2D eigenvalue weighted by Gasteiger charge is 2.32. The Morgan fingerprint density at radius 2 is 1.80 bits per heavy atom. The molecule has 1 saturated carbocycles. The summed E-state index contributed by atoms with van der Waals surface area (Å²) in [5.41, 5.74) is 2.57. The molecular weight excluding hydrogens is 244 g/mol. The van der Waals surface area contributed by atoms with Crippen LogP contribution in [0.25, 0.3) is 0 Å². The second-order valence-corrected chi connectivity index (χ2v) is 7.33. The van der Waals surface area contributed by atoms with Crippen LogP contribution in [0.4, 0.5) is 0 Å². The predicted molar refractivity (Wildman–Crippen MR) is 85.1 cm³/mol. The maximum absolute atomic E-state index is 12.6. The van der Waals surface area contributed by atoms with Crippen molar-refractivity contribution in [1.82, 2.24) is 0 Å². The average Bonchev–Trinajstić information content (AvgIpc) is 2.46. The number of Topliss-reactive ketones (excluding diaryl/α,β-unsaturated/α-hetero) is 1. The first-order valence-electron chi connectivity index (χ1n) is 8.05. The molecule has 1 heteroatoms. The summed E-state index contributed by atoms with van der Waals surface area (Å²) in [6, 6.07) is 8.19. The lowest BCUT2D eigenvalue weighted by atomic mass is 9.68. The van der Waals surface area contributed by atoms with Crippen LogP contribution in [0, 0.1) is 17.3 Å². The number of carbonyl (C=O) groups excluding carboxylic acids is 1. The number of hydrogen-bond donors (Lipinski definition) is 0. The van der Waals surface area contributed by atoms with E-state index in [0.29, 0.717) is 11.2 Å². The Morgan fingerprint density at radius 1 is 1.15 bits per heavy atom. The van der Waals surface area contributed by atoms with Crippen molar-refractivity contribution in [3.63, 3.8) is 0 Å².